The van der Waals surface area contributed by atoms with Crippen LogP contribution in [-0.4, -0.2) is 59.7 Å². The summed E-state index contributed by atoms with van der Waals surface area (Å²) in [6.45, 7) is -0.0289. The molecule has 0 spiro atoms. The van der Waals surface area contributed by atoms with E-state index >= 15 is 0 Å². The molecular weight excluding hydrogens is 358 g/mol. The summed E-state index contributed by atoms with van der Waals surface area (Å²) in [6.07, 6.45) is -0.706. The van der Waals surface area contributed by atoms with E-state index in [1.807, 2.05) is 0 Å². The van der Waals surface area contributed by atoms with Crippen LogP contribution in [0.1, 0.15) is 6.42 Å². The number of carboxylic acids is 2. The van der Waals surface area contributed by atoms with Crippen molar-refractivity contribution in [2.24, 2.45) is 11.5 Å². The number of hydrogen-bond donors (Lipinski definition) is 3. The second-order valence-electron chi connectivity index (χ2n) is 2.58. The number of nitrogens with two attached hydrogens (primary N) is 2. The van der Waals surface area contributed by atoms with Crippen molar-refractivity contribution in [2.75, 3.05) is 12.3 Å². The molecule has 0 aliphatic carbocycles. The molecule has 1 unspecified atom stereocenters. The van der Waals surface area contributed by atoms with Gasteiger partial charge in [0.05, 0.1) is 11.7 Å². The third-order valence-corrected chi connectivity index (χ3v) is 1.82. The molecule has 11 N–H and O–H groups in total. The Kier molecular flexibility index (Phi) is 33.4. The summed E-state index contributed by atoms with van der Waals surface area (Å²) in [5.74, 6) is -3.43. The van der Waals surface area contributed by atoms with E-state index < -0.39 is 34.5 Å². The van der Waals surface area contributed by atoms with Crippen LogP contribution in [0.3, 0.4) is 0 Å². The van der Waals surface area contributed by atoms with E-state index in [1.54, 1.807) is 0 Å². The van der Waals surface area contributed by atoms with Gasteiger partial charge in [0.1, 0.15) is 0 Å². The van der Waals surface area contributed by atoms with E-state index in [1.165, 1.54) is 0 Å². The molecule has 120 valence electrons. The molecule has 1 atom stereocenters. The first-order valence-electron chi connectivity index (χ1n) is 3.91. The van der Waals surface area contributed by atoms with Gasteiger partial charge in [0, 0.05) is 25.0 Å². The van der Waals surface area contributed by atoms with E-state index in [4.69, 9.17) is 16.0 Å². The van der Waals surface area contributed by atoms with E-state index in [9.17, 15) is 28.2 Å². The van der Waals surface area contributed by atoms with Crippen LogP contribution in [-0.2, 0) is 39.2 Å². The van der Waals surface area contributed by atoms with Crippen molar-refractivity contribution in [2.45, 2.75) is 12.5 Å². The standard InChI is InChI=1S/C4H7NO4.C2H7NO3S.3H2O.Zn/c5-2(4(8)9)1-3(6)7;3-1-2-7(4,5)6;;;;/h2H,1,5H2,(H,6,7)(H,8,9);1-3H2,(H,4,5,6);3*1H2;/q;;;;;+2/p-2. The summed E-state index contributed by atoms with van der Waals surface area (Å²) >= 11 is 0. The molecule has 0 aliphatic heterocycles. The average molecular weight is 376 g/mol. The normalized spacial score (nSPS) is 9.75. The van der Waals surface area contributed by atoms with Crippen LogP contribution < -0.4 is 21.7 Å². The number of carbonyl (C=O) groups excluding carboxylic acids is 2. The molecule has 0 aliphatic rings. The second-order valence-corrected chi connectivity index (χ2v) is 4.15. The SMILES string of the molecule is NC(CC(=O)[O-])C(=O)[O-].NCCS(=O)(=O)O.O.O.O.[Zn+2]. The summed E-state index contributed by atoms with van der Waals surface area (Å²) < 4.78 is 27.3. The molecule has 0 saturated carbocycles. The topological polar surface area (TPSA) is 281 Å². The maximum absolute atomic E-state index is 9.71. The zero-order chi connectivity index (χ0) is 13.4. The maximum Gasteiger partial charge on any atom is 2.00 e. The van der Waals surface area contributed by atoms with Crippen LogP contribution in [0.5, 0.6) is 0 Å². The van der Waals surface area contributed by atoms with Crippen LogP contribution in [0.15, 0.2) is 0 Å². The molecule has 0 aromatic heterocycles. The van der Waals surface area contributed by atoms with Gasteiger partial charge in [-0.25, -0.2) is 0 Å². The predicted octanol–water partition coefficient (Wildman–Crippen LogP) is -7.44. The Morgan fingerprint density at radius 1 is 1.15 bits per heavy atom. The van der Waals surface area contributed by atoms with Gasteiger partial charge in [-0.05, 0) is 0 Å². The fourth-order valence-electron chi connectivity index (χ4n) is 0.412. The first-order chi connectivity index (χ1) is 7.10. The van der Waals surface area contributed by atoms with Crippen molar-refractivity contribution in [3.63, 3.8) is 0 Å². The smallest absolute Gasteiger partial charge is 0.550 e. The van der Waals surface area contributed by atoms with E-state index in [-0.39, 0.29) is 48.2 Å². The van der Waals surface area contributed by atoms with Crippen molar-refractivity contribution in [3.8, 4) is 0 Å². The number of rotatable bonds is 5. The fourth-order valence-corrected chi connectivity index (χ4v) is 0.710. The molecule has 0 fully saturated rings. The third kappa shape index (κ3) is 36.0. The van der Waals surface area contributed by atoms with Gasteiger partial charge in [0.15, 0.2) is 0 Å². The largest absolute Gasteiger partial charge is 2.00 e. The molecule has 0 radical (unpaired) electrons. The average Bonchev–Trinajstić information content (AvgIpc) is 2.01. The van der Waals surface area contributed by atoms with Gasteiger partial charge in [0.25, 0.3) is 10.1 Å². The van der Waals surface area contributed by atoms with Crippen molar-refractivity contribution < 1.29 is 68.7 Å². The quantitative estimate of drug-likeness (QED) is 0.303. The Bertz CT molecular complexity index is 335. The molecule has 0 amide bonds. The van der Waals surface area contributed by atoms with Gasteiger partial charge in [0.2, 0.25) is 0 Å². The molecule has 0 saturated heterocycles. The first-order valence-corrected chi connectivity index (χ1v) is 5.52. The van der Waals surface area contributed by atoms with Crippen LogP contribution in [0.25, 0.3) is 0 Å². The second kappa shape index (κ2) is 18.3. The van der Waals surface area contributed by atoms with Gasteiger partial charge in [-0.2, -0.15) is 8.42 Å². The minimum atomic E-state index is -3.80. The Hall–Kier alpha value is -0.727. The molecule has 0 bridgehead atoms. The van der Waals surface area contributed by atoms with E-state index in [0.29, 0.717) is 0 Å². The van der Waals surface area contributed by atoms with Crippen LogP contribution in [0.4, 0.5) is 0 Å². The van der Waals surface area contributed by atoms with Gasteiger partial charge < -0.3 is 47.7 Å². The summed E-state index contributed by atoms with van der Waals surface area (Å²) in [5.41, 5.74) is 9.51. The van der Waals surface area contributed by atoms with Crippen LogP contribution in [0.2, 0.25) is 0 Å². The summed E-state index contributed by atoms with van der Waals surface area (Å²) in [5, 5.41) is 19.3. The molecular formula is C6H18N2O10SZn. The van der Waals surface area contributed by atoms with Gasteiger partial charge >= 0.3 is 19.5 Å². The summed E-state index contributed by atoms with van der Waals surface area (Å²) in [7, 11) is -3.80. The maximum atomic E-state index is 9.71. The molecule has 12 nitrogen and oxygen atoms in total. The third-order valence-electron chi connectivity index (χ3n) is 1.07. The van der Waals surface area contributed by atoms with Gasteiger partial charge in [-0.1, -0.05) is 0 Å². The monoisotopic (exact) mass is 374 g/mol. The zero-order valence-corrected chi connectivity index (χ0v) is 14.1. The van der Waals surface area contributed by atoms with Crippen molar-refractivity contribution in [1.82, 2.24) is 0 Å². The Labute approximate surface area is 127 Å². The number of aliphatic carboxylic acids is 2. The Morgan fingerprint density at radius 2 is 1.50 bits per heavy atom. The molecule has 0 aromatic carbocycles. The predicted molar refractivity (Wildman–Crippen MR) is 58.9 cm³/mol. The van der Waals surface area contributed by atoms with Gasteiger partial charge in [-0.3, -0.25) is 4.55 Å². The van der Waals surface area contributed by atoms with E-state index in [2.05, 4.69) is 0 Å². The summed E-state index contributed by atoms with van der Waals surface area (Å²) in [6, 6.07) is -1.46. The first kappa shape index (κ1) is 36.5. The van der Waals surface area contributed by atoms with Gasteiger partial charge in [-0.15, -0.1) is 0 Å². The Morgan fingerprint density at radius 3 is 1.55 bits per heavy atom. The fraction of sp³-hybridized carbons (Fsp3) is 0.667. The number of carbonyl (C=O) groups is 2. The molecule has 0 heterocycles. The molecule has 20 heavy (non-hydrogen) atoms. The molecule has 0 rings (SSSR count). The molecule has 0 aromatic rings. The van der Waals surface area contributed by atoms with Crippen LogP contribution in [0, 0.1) is 0 Å². The molecule has 14 heteroatoms. The minimum Gasteiger partial charge on any atom is -0.550 e. The van der Waals surface area contributed by atoms with Crippen molar-refractivity contribution in [3.05, 3.63) is 0 Å². The van der Waals surface area contributed by atoms with Crippen molar-refractivity contribution >= 4 is 22.1 Å². The number of carboxylic acid groups (broad SMARTS) is 2. The van der Waals surface area contributed by atoms with E-state index in [0.717, 1.165) is 0 Å². The number of hydrogen-bond acceptors (Lipinski definition) is 8. The Balaban J connectivity index is -0.0000000416. The zero-order valence-electron chi connectivity index (χ0n) is 10.4. The summed E-state index contributed by atoms with van der Waals surface area (Å²) in [4.78, 5) is 19.3. The van der Waals surface area contributed by atoms with Crippen molar-refractivity contribution in [1.29, 1.82) is 0 Å². The van der Waals surface area contributed by atoms with Crippen LogP contribution >= 0.6 is 0 Å². The minimum absolute atomic E-state index is 0.